The Labute approximate surface area is 284 Å². The van der Waals surface area contributed by atoms with E-state index in [0.717, 1.165) is 93.5 Å². The summed E-state index contributed by atoms with van der Waals surface area (Å²) in [7, 11) is 0. The lowest BCUT2D eigenvalue weighted by atomic mass is 10.2. The van der Waals surface area contributed by atoms with Crippen molar-refractivity contribution in [2.24, 2.45) is 0 Å². The van der Waals surface area contributed by atoms with Crippen LogP contribution in [0.2, 0.25) is 5.02 Å². The lowest BCUT2D eigenvalue weighted by Gasteiger charge is -2.29. The van der Waals surface area contributed by atoms with Crippen molar-refractivity contribution in [1.82, 2.24) is 19.9 Å². The second-order valence-electron chi connectivity index (χ2n) is 11.6. The zero-order chi connectivity index (χ0) is 32.5. The first-order chi connectivity index (χ1) is 23.7. The molecule has 2 aliphatic rings. The van der Waals surface area contributed by atoms with Gasteiger partial charge >= 0.3 is 0 Å². The molecule has 2 fully saturated rings. The predicted molar refractivity (Wildman–Crippen MR) is 194 cm³/mol. The zero-order valence-corrected chi connectivity index (χ0v) is 27.4. The summed E-state index contributed by atoms with van der Waals surface area (Å²) >= 11 is 6.15. The van der Waals surface area contributed by atoms with E-state index in [1.54, 1.807) is 6.20 Å². The number of benzene rings is 3. The lowest BCUT2D eigenvalue weighted by Crippen LogP contribution is -2.36. The first-order valence-corrected chi connectivity index (χ1v) is 16.7. The maximum Gasteiger partial charge on any atom is 0.233 e. The van der Waals surface area contributed by atoms with E-state index in [1.807, 2.05) is 48.5 Å². The highest BCUT2D eigenvalue weighted by atomic mass is 35.5. The minimum Gasteiger partial charge on any atom is -0.384 e. The van der Waals surface area contributed by atoms with Crippen LogP contribution in [0.5, 0.6) is 0 Å². The molecule has 248 valence electrons. The van der Waals surface area contributed by atoms with Crippen molar-refractivity contribution in [2.75, 3.05) is 96.8 Å². The van der Waals surface area contributed by atoms with Gasteiger partial charge in [0, 0.05) is 84.3 Å². The number of morpholine rings is 2. The second kappa shape index (κ2) is 15.3. The van der Waals surface area contributed by atoms with Gasteiger partial charge in [-0.1, -0.05) is 11.6 Å². The Balaban J connectivity index is 1.02. The Bertz CT molecular complexity index is 1720. The molecule has 2 aromatic heterocycles. The van der Waals surface area contributed by atoms with Crippen molar-refractivity contribution in [3.05, 3.63) is 84.0 Å². The van der Waals surface area contributed by atoms with Crippen molar-refractivity contribution < 1.29 is 9.47 Å². The average molecular weight is 667 g/mol. The monoisotopic (exact) mass is 666 g/mol. The Morgan fingerprint density at radius 1 is 0.625 bits per heavy atom. The molecule has 13 heteroatoms. The SMILES string of the molecule is Clc1ccc2c(NCCCNc3nc(Nc4ccc(N5CCOCC5)cc4)nc(Nc4ccc(N5CCOCC5)cc4)n3)ccnc2c1. The van der Waals surface area contributed by atoms with E-state index in [2.05, 4.69) is 60.3 Å². The molecule has 0 atom stereocenters. The first-order valence-electron chi connectivity index (χ1n) is 16.3. The average Bonchev–Trinajstić information content (AvgIpc) is 3.13. The fourth-order valence-corrected chi connectivity index (χ4v) is 5.93. The molecule has 48 heavy (non-hydrogen) atoms. The van der Waals surface area contributed by atoms with Gasteiger partial charge in [0.25, 0.3) is 0 Å². The minimum absolute atomic E-state index is 0.444. The number of hydrogen-bond acceptors (Lipinski definition) is 12. The fraction of sp³-hybridized carbons (Fsp3) is 0.314. The van der Waals surface area contributed by atoms with Crippen molar-refractivity contribution in [1.29, 1.82) is 0 Å². The van der Waals surface area contributed by atoms with Gasteiger partial charge in [-0.15, -0.1) is 0 Å². The number of aromatic nitrogens is 4. The van der Waals surface area contributed by atoms with E-state index >= 15 is 0 Å². The number of fused-ring (bicyclic) bond motifs is 1. The van der Waals surface area contributed by atoms with Crippen molar-refractivity contribution >= 4 is 68.8 Å². The first kappa shape index (κ1) is 31.7. The molecule has 0 spiro atoms. The molecule has 0 amide bonds. The molecule has 2 aliphatic heterocycles. The van der Waals surface area contributed by atoms with Crippen LogP contribution in [-0.4, -0.2) is 85.6 Å². The standard InChI is InChI=1S/C35H39ClN10O2/c36-25-2-11-30-31(12-15-38-32(30)24-25)37-13-1-14-39-33-42-34(40-26-3-7-28(8-4-26)45-16-20-47-21-17-45)44-35(43-33)41-27-5-9-29(10-6-27)46-18-22-48-23-19-46/h2-12,15,24H,1,13-14,16-23H2,(H,37,38)(H3,39,40,41,42,43,44). The van der Waals surface area contributed by atoms with Crippen molar-refractivity contribution in [3.63, 3.8) is 0 Å². The van der Waals surface area contributed by atoms with Crippen LogP contribution in [0.15, 0.2) is 79.0 Å². The third kappa shape index (κ3) is 8.14. The van der Waals surface area contributed by atoms with E-state index in [4.69, 9.17) is 36.0 Å². The molecule has 4 heterocycles. The van der Waals surface area contributed by atoms with Crippen LogP contribution in [0.4, 0.5) is 46.3 Å². The molecule has 4 N–H and O–H groups in total. The van der Waals surface area contributed by atoms with Crippen LogP contribution in [0.25, 0.3) is 10.9 Å². The van der Waals surface area contributed by atoms with Gasteiger partial charge < -0.3 is 40.5 Å². The molecule has 0 radical (unpaired) electrons. The Kier molecular flexibility index (Phi) is 10.1. The van der Waals surface area contributed by atoms with Crippen LogP contribution >= 0.6 is 11.6 Å². The highest BCUT2D eigenvalue weighted by Crippen LogP contribution is 2.26. The maximum atomic E-state index is 6.15. The highest BCUT2D eigenvalue weighted by Gasteiger charge is 2.14. The predicted octanol–water partition coefficient (Wildman–Crippen LogP) is 6.15. The van der Waals surface area contributed by atoms with E-state index in [0.29, 0.717) is 29.4 Å². The zero-order valence-electron chi connectivity index (χ0n) is 26.7. The van der Waals surface area contributed by atoms with Crippen molar-refractivity contribution in [3.8, 4) is 0 Å². The fourth-order valence-electron chi connectivity index (χ4n) is 5.77. The van der Waals surface area contributed by atoms with Crippen LogP contribution in [0.3, 0.4) is 0 Å². The molecule has 0 unspecified atom stereocenters. The van der Waals surface area contributed by atoms with Gasteiger partial charge in [0.1, 0.15) is 0 Å². The molecular formula is C35H39ClN10O2. The number of nitrogens with one attached hydrogen (secondary N) is 4. The number of pyridine rings is 1. The van der Waals surface area contributed by atoms with Gasteiger partial charge in [0.15, 0.2) is 0 Å². The Morgan fingerprint density at radius 3 is 1.75 bits per heavy atom. The smallest absolute Gasteiger partial charge is 0.233 e. The molecule has 7 rings (SSSR count). The normalized spacial score (nSPS) is 14.9. The van der Waals surface area contributed by atoms with E-state index in [1.165, 1.54) is 11.4 Å². The number of anilines is 8. The second-order valence-corrected chi connectivity index (χ2v) is 12.0. The number of hydrogen-bond donors (Lipinski definition) is 4. The van der Waals surface area contributed by atoms with Crippen LogP contribution < -0.4 is 31.1 Å². The van der Waals surface area contributed by atoms with Gasteiger partial charge in [-0.2, -0.15) is 15.0 Å². The number of ether oxygens (including phenoxy) is 2. The topological polar surface area (TPSA) is 125 Å². The molecule has 12 nitrogen and oxygen atoms in total. The van der Waals surface area contributed by atoms with Crippen LogP contribution in [-0.2, 0) is 9.47 Å². The third-order valence-electron chi connectivity index (χ3n) is 8.29. The third-order valence-corrected chi connectivity index (χ3v) is 8.53. The van der Waals surface area contributed by atoms with Crippen molar-refractivity contribution in [2.45, 2.75) is 6.42 Å². The molecule has 0 aliphatic carbocycles. The van der Waals surface area contributed by atoms with Crippen LogP contribution in [0.1, 0.15) is 6.42 Å². The summed E-state index contributed by atoms with van der Waals surface area (Å²) in [6.07, 6.45) is 2.63. The molecular weight excluding hydrogens is 628 g/mol. The van der Waals surface area contributed by atoms with E-state index in [9.17, 15) is 0 Å². The number of nitrogens with zero attached hydrogens (tertiary/aromatic N) is 6. The quantitative estimate of drug-likeness (QED) is 0.114. The summed E-state index contributed by atoms with van der Waals surface area (Å²) in [5, 5.41) is 15.3. The highest BCUT2D eigenvalue weighted by molar-refractivity contribution is 6.31. The molecule has 0 saturated carbocycles. The summed E-state index contributed by atoms with van der Waals surface area (Å²) in [5.74, 6) is 1.37. The minimum atomic E-state index is 0.444. The van der Waals surface area contributed by atoms with Gasteiger partial charge in [0.2, 0.25) is 17.8 Å². The largest absolute Gasteiger partial charge is 0.384 e. The summed E-state index contributed by atoms with van der Waals surface area (Å²) in [6, 6.07) is 24.3. The number of rotatable bonds is 12. The van der Waals surface area contributed by atoms with Gasteiger partial charge in [-0.25, -0.2) is 0 Å². The lowest BCUT2D eigenvalue weighted by molar-refractivity contribution is 0.122. The molecule has 3 aromatic carbocycles. The summed E-state index contributed by atoms with van der Waals surface area (Å²) in [4.78, 5) is 23.2. The Hall–Kier alpha value is -4.91. The summed E-state index contributed by atoms with van der Waals surface area (Å²) in [6.45, 7) is 7.97. The van der Waals surface area contributed by atoms with Gasteiger partial charge in [0.05, 0.1) is 31.9 Å². The van der Waals surface area contributed by atoms with Gasteiger partial charge in [-0.05, 0) is 79.2 Å². The number of halogens is 1. The molecule has 0 bridgehead atoms. The van der Waals surface area contributed by atoms with E-state index in [-0.39, 0.29) is 0 Å². The maximum absolute atomic E-state index is 6.15. The molecule has 2 saturated heterocycles. The van der Waals surface area contributed by atoms with Gasteiger partial charge in [-0.3, -0.25) is 4.98 Å². The molecule has 5 aromatic rings. The van der Waals surface area contributed by atoms with E-state index < -0.39 is 0 Å². The van der Waals surface area contributed by atoms with Crippen LogP contribution in [0, 0.1) is 0 Å². The summed E-state index contributed by atoms with van der Waals surface area (Å²) in [5.41, 5.74) is 6.00. The summed E-state index contributed by atoms with van der Waals surface area (Å²) < 4.78 is 11.0. The Morgan fingerprint density at radius 2 is 1.17 bits per heavy atom.